The predicted molar refractivity (Wildman–Crippen MR) is 148 cm³/mol. The summed E-state index contributed by atoms with van der Waals surface area (Å²) in [6.45, 7) is 2.63. The highest BCUT2D eigenvalue weighted by molar-refractivity contribution is 7.80. The van der Waals surface area contributed by atoms with Crippen molar-refractivity contribution >= 4 is 28.9 Å². The number of pyridine rings is 1. The molecule has 36 heavy (non-hydrogen) atoms. The highest BCUT2D eigenvalue weighted by Gasteiger charge is 2.40. The van der Waals surface area contributed by atoms with E-state index in [-0.39, 0.29) is 18.0 Å². The van der Waals surface area contributed by atoms with Gasteiger partial charge in [0.05, 0.1) is 17.8 Å². The fourth-order valence-electron chi connectivity index (χ4n) is 5.61. The normalized spacial score (nSPS) is 20.4. The summed E-state index contributed by atoms with van der Waals surface area (Å²) in [5.41, 5.74) is 4.19. The van der Waals surface area contributed by atoms with E-state index >= 15 is 0 Å². The van der Waals surface area contributed by atoms with Gasteiger partial charge in [-0.3, -0.25) is 9.78 Å². The number of hydrogen-bond donors (Lipinski definition) is 2. The van der Waals surface area contributed by atoms with Crippen LogP contribution in [0.25, 0.3) is 0 Å². The van der Waals surface area contributed by atoms with Crippen LogP contribution < -0.4 is 10.6 Å². The first-order chi connectivity index (χ1) is 17.6. The number of aromatic nitrogens is 2. The van der Waals surface area contributed by atoms with Crippen LogP contribution in [0.1, 0.15) is 80.4 Å². The maximum absolute atomic E-state index is 12.9. The number of carbonyl (C=O) groups excluding carboxylic acids is 1. The molecule has 2 unspecified atom stereocenters. The summed E-state index contributed by atoms with van der Waals surface area (Å²) >= 11 is 5.80. The number of hydrogen-bond acceptors (Lipinski definition) is 3. The van der Waals surface area contributed by atoms with Crippen molar-refractivity contribution in [2.75, 3.05) is 11.9 Å². The van der Waals surface area contributed by atoms with Crippen LogP contribution in [0.2, 0.25) is 0 Å². The fourth-order valence-corrected chi connectivity index (χ4v) is 5.94. The number of nitrogens with zero attached hydrogens (tertiary/aromatic N) is 3. The van der Waals surface area contributed by atoms with Gasteiger partial charge in [-0.05, 0) is 66.9 Å². The molecule has 1 aliphatic heterocycles. The maximum atomic E-state index is 12.9. The Bertz CT molecular complexity index is 1190. The Kier molecular flexibility index (Phi) is 7.66. The quantitative estimate of drug-likeness (QED) is 0.373. The van der Waals surface area contributed by atoms with Gasteiger partial charge >= 0.3 is 0 Å². The average Bonchev–Trinajstić information content (AvgIpc) is 3.53. The Morgan fingerprint density at radius 1 is 1.11 bits per heavy atom. The Balaban J connectivity index is 1.35. The van der Waals surface area contributed by atoms with Crippen molar-refractivity contribution in [2.24, 2.45) is 0 Å². The van der Waals surface area contributed by atoms with Crippen LogP contribution >= 0.6 is 12.2 Å². The molecule has 2 aliphatic rings. The van der Waals surface area contributed by atoms with Crippen LogP contribution in [0, 0.1) is 0 Å². The Labute approximate surface area is 219 Å². The van der Waals surface area contributed by atoms with Gasteiger partial charge in [-0.15, -0.1) is 0 Å². The summed E-state index contributed by atoms with van der Waals surface area (Å²) in [6, 6.07) is 16.7. The fraction of sp³-hybridized carbons (Fsp3) is 0.414. The molecule has 188 valence electrons. The van der Waals surface area contributed by atoms with Gasteiger partial charge in [-0.25, -0.2) is 0 Å². The second kappa shape index (κ2) is 11.2. The third-order valence-corrected chi connectivity index (χ3v) is 7.88. The molecule has 2 fully saturated rings. The molecule has 1 amide bonds. The molecule has 3 aromatic rings. The lowest BCUT2D eigenvalue weighted by Gasteiger charge is -2.27. The molecular formula is C29H35N5OS. The maximum Gasteiger partial charge on any atom is 0.226 e. The zero-order chi connectivity index (χ0) is 24.9. The minimum absolute atomic E-state index is 0.00138. The molecule has 3 heterocycles. The molecular weight excluding hydrogens is 466 g/mol. The van der Waals surface area contributed by atoms with Crippen molar-refractivity contribution in [3.8, 4) is 0 Å². The van der Waals surface area contributed by atoms with Crippen molar-refractivity contribution in [1.82, 2.24) is 19.8 Å². The second-order valence-corrected chi connectivity index (χ2v) is 10.2. The van der Waals surface area contributed by atoms with Crippen LogP contribution in [0.15, 0.2) is 67.1 Å². The van der Waals surface area contributed by atoms with Crippen molar-refractivity contribution in [1.29, 1.82) is 0 Å². The number of para-hydroxylation sites is 1. The highest BCUT2D eigenvalue weighted by atomic mass is 32.1. The number of rotatable bonds is 8. The molecule has 2 N–H and O–H groups in total. The van der Waals surface area contributed by atoms with Crippen LogP contribution in [-0.2, 0) is 11.2 Å². The SMILES string of the molecule is CCc1ccccc1NC(=O)CCN1C(=S)NC(c2ccccn2)C1c1ccn(C2CCCCC2)c1. The molecule has 1 saturated heterocycles. The Morgan fingerprint density at radius 3 is 2.69 bits per heavy atom. The summed E-state index contributed by atoms with van der Waals surface area (Å²) in [5, 5.41) is 7.27. The number of amides is 1. The van der Waals surface area contributed by atoms with Crippen molar-refractivity contribution in [3.05, 3.63) is 83.9 Å². The minimum Gasteiger partial charge on any atom is -0.352 e. The third-order valence-electron chi connectivity index (χ3n) is 7.53. The van der Waals surface area contributed by atoms with E-state index < -0.39 is 0 Å². The van der Waals surface area contributed by atoms with Gasteiger partial charge in [-0.1, -0.05) is 50.5 Å². The van der Waals surface area contributed by atoms with E-state index in [1.807, 2.05) is 42.6 Å². The van der Waals surface area contributed by atoms with Crippen molar-refractivity contribution in [3.63, 3.8) is 0 Å². The average molecular weight is 502 g/mol. The van der Waals surface area contributed by atoms with Gasteiger partial charge in [0, 0.05) is 43.3 Å². The van der Waals surface area contributed by atoms with Crippen LogP contribution in [0.5, 0.6) is 0 Å². The summed E-state index contributed by atoms with van der Waals surface area (Å²) in [4.78, 5) is 19.7. The first-order valence-corrected chi connectivity index (χ1v) is 13.6. The monoisotopic (exact) mass is 501 g/mol. The summed E-state index contributed by atoms with van der Waals surface area (Å²) < 4.78 is 2.39. The van der Waals surface area contributed by atoms with E-state index in [0.29, 0.717) is 24.1 Å². The van der Waals surface area contributed by atoms with Gasteiger partial charge in [0.15, 0.2) is 5.11 Å². The van der Waals surface area contributed by atoms with E-state index in [1.54, 1.807) is 0 Å². The molecule has 0 spiro atoms. The van der Waals surface area contributed by atoms with Crippen LogP contribution in [0.3, 0.4) is 0 Å². The molecule has 1 aromatic carbocycles. The van der Waals surface area contributed by atoms with Crippen LogP contribution in [-0.4, -0.2) is 32.0 Å². The van der Waals surface area contributed by atoms with Gasteiger partial charge < -0.3 is 20.1 Å². The van der Waals surface area contributed by atoms with E-state index in [4.69, 9.17) is 12.2 Å². The number of benzene rings is 1. The molecule has 0 radical (unpaired) electrons. The summed E-state index contributed by atoms with van der Waals surface area (Å²) in [7, 11) is 0. The number of nitrogens with one attached hydrogen (secondary N) is 2. The third kappa shape index (κ3) is 5.31. The lowest BCUT2D eigenvalue weighted by molar-refractivity contribution is -0.116. The Morgan fingerprint density at radius 2 is 1.92 bits per heavy atom. The van der Waals surface area contributed by atoms with Gasteiger partial charge in [0.2, 0.25) is 5.91 Å². The topological polar surface area (TPSA) is 62.2 Å². The van der Waals surface area contributed by atoms with E-state index in [9.17, 15) is 4.79 Å². The first-order valence-electron chi connectivity index (χ1n) is 13.2. The molecule has 1 aliphatic carbocycles. The molecule has 2 atom stereocenters. The summed E-state index contributed by atoms with van der Waals surface area (Å²) in [5.74, 6) is -0.00138. The van der Waals surface area contributed by atoms with Gasteiger partial charge in [-0.2, -0.15) is 0 Å². The van der Waals surface area contributed by atoms with Gasteiger partial charge in [0.25, 0.3) is 0 Å². The predicted octanol–water partition coefficient (Wildman–Crippen LogP) is 5.95. The zero-order valence-corrected chi connectivity index (χ0v) is 21.7. The van der Waals surface area contributed by atoms with Crippen molar-refractivity contribution < 1.29 is 4.79 Å². The molecule has 0 bridgehead atoms. The number of thiocarbonyl (C=S) groups is 1. The van der Waals surface area contributed by atoms with E-state index in [0.717, 1.165) is 23.4 Å². The minimum atomic E-state index is -0.0650. The number of carbonyl (C=O) groups is 1. The smallest absolute Gasteiger partial charge is 0.226 e. The number of anilines is 1. The Hall–Kier alpha value is -3.19. The largest absolute Gasteiger partial charge is 0.352 e. The van der Waals surface area contributed by atoms with E-state index in [2.05, 4.69) is 56.5 Å². The highest BCUT2D eigenvalue weighted by Crippen LogP contribution is 2.40. The lowest BCUT2D eigenvalue weighted by Crippen LogP contribution is -2.32. The molecule has 5 rings (SSSR count). The van der Waals surface area contributed by atoms with Gasteiger partial charge in [0.1, 0.15) is 0 Å². The molecule has 7 heteroatoms. The van der Waals surface area contributed by atoms with Crippen molar-refractivity contribution in [2.45, 2.75) is 70.0 Å². The van der Waals surface area contributed by atoms with E-state index in [1.165, 1.54) is 37.7 Å². The molecule has 1 saturated carbocycles. The standard InChI is InChI=1S/C29H35N5OS/c1-2-21-10-6-7-13-24(21)31-26(35)16-19-34-28(27(32-29(34)36)25-14-8-9-17-30-25)22-15-18-33(20-22)23-11-4-3-5-12-23/h6-10,13-15,17-18,20,23,27-28H,2-5,11-12,16,19H2,1H3,(H,31,35)(H,32,36). The number of aryl methyl sites for hydroxylation is 1. The van der Waals surface area contributed by atoms with Crippen LogP contribution in [0.4, 0.5) is 5.69 Å². The lowest BCUT2D eigenvalue weighted by atomic mass is 9.95. The molecule has 2 aromatic heterocycles. The molecule has 6 nitrogen and oxygen atoms in total. The zero-order valence-electron chi connectivity index (χ0n) is 20.9. The second-order valence-electron chi connectivity index (χ2n) is 9.81. The summed E-state index contributed by atoms with van der Waals surface area (Å²) in [6.07, 6.45) is 14.0. The first kappa shape index (κ1) is 24.5.